The molecule has 1 amide bonds. The van der Waals surface area contributed by atoms with Gasteiger partial charge in [0.25, 0.3) is 5.91 Å². The second-order valence-electron chi connectivity index (χ2n) is 6.50. The molecular formula is C23H16ClNO5S2. The number of furan rings is 1. The zero-order valence-corrected chi connectivity index (χ0v) is 19.1. The van der Waals surface area contributed by atoms with Gasteiger partial charge in [-0.05, 0) is 61.0 Å². The molecule has 6 nitrogen and oxygen atoms in total. The number of thioether (sulfide) groups is 1. The molecule has 1 aliphatic heterocycles. The fraction of sp³-hybridized carbons (Fsp3) is 0.0870. The fourth-order valence-corrected chi connectivity index (χ4v) is 4.45. The minimum atomic E-state index is -0.633. The molecule has 162 valence electrons. The lowest BCUT2D eigenvalue weighted by Crippen LogP contribution is -2.27. The average molecular weight is 486 g/mol. The predicted molar refractivity (Wildman–Crippen MR) is 128 cm³/mol. The Kier molecular flexibility index (Phi) is 6.64. The van der Waals surface area contributed by atoms with Gasteiger partial charge in [0.1, 0.15) is 0 Å². The van der Waals surface area contributed by atoms with Crippen LogP contribution in [0.3, 0.4) is 0 Å². The molecule has 0 saturated carbocycles. The van der Waals surface area contributed by atoms with E-state index in [1.54, 1.807) is 54.6 Å². The quantitative estimate of drug-likeness (QED) is 0.185. The Hall–Kier alpha value is -3.07. The highest BCUT2D eigenvalue weighted by atomic mass is 35.5. The van der Waals surface area contributed by atoms with E-state index < -0.39 is 5.97 Å². The minimum absolute atomic E-state index is 0.0845. The zero-order valence-electron chi connectivity index (χ0n) is 16.7. The number of halogens is 1. The Balaban J connectivity index is 1.59. The molecule has 1 aliphatic rings. The van der Waals surface area contributed by atoms with Gasteiger partial charge < -0.3 is 13.9 Å². The van der Waals surface area contributed by atoms with E-state index in [4.69, 9.17) is 37.7 Å². The molecule has 0 aliphatic carbocycles. The molecule has 0 spiro atoms. The first-order valence-corrected chi connectivity index (χ1v) is 11.1. The lowest BCUT2D eigenvalue weighted by atomic mass is 10.1. The van der Waals surface area contributed by atoms with Gasteiger partial charge in [0, 0.05) is 5.02 Å². The molecule has 1 fully saturated rings. The van der Waals surface area contributed by atoms with Gasteiger partial charge in [0.15, 0.2) is 15.8 Å². The standard InChI is InChI=1S/C23H16ClNO5S2/c1-2-28-19-11-14(8-9-17(19)30-22(27)18-7-4-10-29-18)12-20-21(26)25(23(31)32-20)16-6-3-5-15(24)13-16/h3-13H,2H2,1H3/b20-12-. The fourth-order valence-electron chi connectivity index (χ4n) is 2.97. The number of hydrogen-bond acceptors (Lipinski definition) is 7. The number of amides is 1. The molecule has 3 aromatic rings. The Labute approximate surface area is 198 Å². The summed E-state index contributed by atoms with van der Waals surface area (Å²) in [5.41, 5.74) is 1.30. The molecule has 0 atom stereocenters. The van der Waals surface area contributed by atoms with Crippen molar-refractivity contribution in [1.29, 1.82) is 0 Å². The van der Waals surface area contributed by atoms with Gasteiger partial charge in [-0.1, -0.05) is 47.7 Å². The number of benzene rings is 2. The lowest BCUT2D eigenvalue weighted by molar-refractivity contribution is -0.113. The second kappa shape index (κ2) is 9.60. The molecule has 4 rings (SSSR count). The normalized spacial score (nSPS) is 14.8. The smallest absolute Gasteiger partial charge is 0.379 e. The molecular weight excluding hydrogens is 470 g/mol. The van der Waals surface area contributed by atoms with Crippen LogP contribution in [0.25, 0.3) is 6.08 Å². The van der Waals surface area contributed by atoms with E-state index in [1.807, 2.05) is 6.92 Å². The van der Waals surface area contributed by atoms with Crippen LogP contribution in [0.2, 0.25) is 5.02 Å². The largest absolute Gasteiger partial charge is 0.490 e. The summed E-state index contributed by atoms with van der Waals surface area (Å²) in [7, 11) is 0. The van der Waals surface area contributed by atoms with Crippen molar-refractivity contribution in [3.63, 3.8) is 0 Å². The van der Waals surface area contributed by atoms with Gasteiger partial charge >= 0.3 is 5.97 Å². The monoisotopic (exact) mass is 485 g/mol. The van der Waals surface area contributed by atoms with E-state index in [-0.39, 0.29) is 17.4 Å². The van der Waals surface area contributed by atoms with Crippen LogP contribution in [0.4, 0.5) is 5.69 Å². The van der Waals surface area contributed by atoms with Crippen molar-refractivity contribution in [3.8, 4) is 11.5 Å². The van der Waals surface area contributed by atoms with Crippen molar-refractivity contribution >= 4 is 63.5 Å². The van der Waals surface area contributed by atoms with Crippen LogP contribution >= 0.6 is 35.6 Å². The summed E-state index contributed by atoms with van der Waals surface area (Å²) in [5, 5.41) is 0.515. The number of rotatable bonds is 6. The van der Waals surface area contributed by atoms with Crippen molar-refractivity contribution in [2.75, 3.05) is 11.5 Å². The molecule has 2 heterocycles. The molecule has 1 aromatic heterocycles. The summed E-state index contributed by atoms with van der Waals surface area (Å²) >= 11 is 12.7. The van der Waals surface area contributed by atoms with Gasteiger partial charge in [0.05, 0.1) is 23.5 Å². The van der Waals surface area contributed by atoms with Gasteiger partial charge in [-0.3, -0.25) is 9.69 Å². The molecule has 9 heteroatoms. The van der Waals surface area contributed by atoms with Crippen LogP contribution in [0, 0.1) is 0 Å². The molecule has 1 saturated heterocycles. The van der Waals surface area contributed by atoms with Gasteiger partial charge in [-0.25, -0.2) is 4.79 Å². The van der Waals surface area contributed by atoms with Crippen LogP contribution < -0.4 is 14.4 Å². The van der Waals surface area contributed by atoms with Crippen molar-refractivity contribution in [2.45, 2.75) is 6.92 Å². The van der Waals surface area contributed by atoms with E-state index in [0.29, 0.717) is 37.9 Å². The number of carbonyl (C=O) groups excluding carboxylic acids is 2. The SMILES string of the molecule is CCOc1cc(/C=C2\SC(=S)N(c3cccc(Cl)c3)C2=O)ccc1OC(=O)c1ccco1. The van der Waals surface area contributed by atoms with E-state index in [0.717, 1.165) is 0 Å². The third kappa shape index (κ3) is 4.72. The topological polar surface area (TPSA) is 69.0 Å². The van der Waals surface area contributed by atoms with Gasteiger partial charge in [0.2, 0.25) is 5.76 Å². The third-order valence-electron chi connectivity index (χ3n) is 4.35. The number of ether oxygens (including phenoxy) is 2. The first kappa shape index (κ1) is 22.1. The number of thiocarbonyl (C=S) groups is 1. The maximum Gasteiger partial charge on any atom is 0.379 e. The summed E-state index contributed by atoms with van der Waals surface area (Å²) in [5.74, 6) is -0.177. The first-order valence-electron chi connectivity index (χ1n) is 9.52. The Morgan fingerprint density at radius 3 is 2.75 bits per heavy atom. The van der Waals surface area contributed by atoms with Crippen molar-refractivity contribution < 1.29 is 23.5 Å². The summed E-state index contributed by atoms with van der Waals surface area (Å²) in [6.45, 7) is 2.19. The van der Waals surface area contributed by atoms with E-state index in [1.165, 1.54) is 29.0 Å². The molecule has 0 radical (unpaired) electrons. The van der Waals surface area contributed by atoms with Crippen molar-refractivity contribution in [2.24, 2.45) is 0 Å². The Morgan fingerprint density at radius 2 is 2.03 bits per heavy atom. The Morgan fingerprint density at radius 1 is 1.19 bits per heavy atom. The molecule has 0 bridgehead atoms. The van der Waals surface area contributed by atoms with E-state index in [2.05, 4.69) is 0 Å². The third-order valence-corrected chi connectivity index (χ3v) is 5.89. The minimum Gasteiger partial charge on any atom is -0.490 e. The molecule has 32 heavy (non-hydrogen) atoms. The second-order valence-corrected chi connectivity index (χ2v) is 8.62. The highest BCUT2D eigenvalue weighted by Gasteiger charge is 2.33. The Bertz CT molecular complexity index is 1220. The van der Waals surface area contributed by atoms with Crippen LogP contribution in [0.15, 0.2) is 70.2 Å². The molecule has 0 unspecified atom stereocenters. The highest BCUT2D eigenvalue weighted by molar-refractivity contribution is 8.27. The summed E-state index contributed by atoms with van der Waals surface area (Å²) in [6, 6.07) is 15.1. The maximum absolute atomic E-state index is 13.0. The van der Waals surface area contributed by atoms with Crippen LogP contribution in [-0.2, 0) is 4.79 Å². The average Bonchev–Trinajstić information content (AvgIpc) is 3.39. The summed E-state index contributed by atoms with van der Waals surface area (Å²) in [6.07, 6.45) is 3.10. The summed E-state index contributed by atoms with van der Waals surface area (Å²) < 4.78 is 16.5. The number of hydrogen-bond donors (Lipinski definition) is 0. The van der Waals surface area contributed by atoms with Crippen molar-refractivity contribution in [3.05, 3.63) is 82.1 Å². The first-order chi connectivity index (χ1) is 15.5. The van der Waals surface area contributed by atoms with Gasteiger partial charge in [-0.15, -0.1) is 0 Å². The number of esters is 1. The van der Waals surface area contributed by atoms with E-state index >= 15 is 0 Å². The summed E-state index contributed by atoms with van der Waals surface area (Å²) in [4.78, 5) is 27.1. The lowest BCUT2D eigenvalue weighted by Gasteiger charge is -2.14. The maximum atomic E-state index is 13.0. The number of nitrogens with zero attached hydrogens (tertiary/aromatic N) is 1. The molecule has 0 N–H and O–H groups in total. The van der Waals surface area contributed by atoms with Crippen LogP contribution in [0.5, 0.6) is 11.5 Å². The molecule has 2 aromatic carbocycles. The van der Waals surface area contributed by atoms with Crippen molar-refractivity contribution in [1.82, 2.24) is 0 Å². The number of anilines is 1. The highest BCUT2D eigenvalue weighted by Crippen LogP contribution is 2.38. The zero-order chi connectivity index (χ0) is 22.7. The van der Waals surface area contributed by atoms with Crippen LogP contribution in [0.1, 0.15) is 23.0 Å². The van der Waals surface area contributed by atoms with E-state index in [9.17, 15) is 9.59 Å². The predicted octanol–water partition coefficient (Wildman–Crippen LogP) is 5.96. The number of carbonyl (C=O) groups is 2. The van der Waals surface area contributed by atoms with Gasteiger partial charge in [-0.2, -0.15) is 0 Å². The van der Waals surface area contributed by atoms with Crippen LogP contribution in [-0.4, -0.2) is 22.8 Å².